The van der Waals surface area contributed by atoms with Crippen molar-refractivity contribution in [2.75, 3.05) is 13.7 Å². The number of hydrogen-bond donors (Lipinski definition) is 0. The van der Waals surface area contributed by atoms with E-state index in [0.29, 0.717) is 18.9 Å². The molecule has 0 aliphatic rings. The highest BCUT2D eigenvalue weighted by Crippen LogP contribution is 2.24. The lowest BCUT2D eigenvalue weighted by Crippen LogP contribution is -1.96. The van der Waals surface area contributed by atoms with Crippen LogP contribution in [0.4, 0.5) is 8.78 Å². The molecule has 18 heavy (non-hydrogen) atoms. The Balaban J connectivity index is 2.04. The Morgan fingerprint density at radius 1 is 1.28 bits per heavy atom. The molecule has 96 valence electrons. The van der Waals surface area contributed by atoms with Crippen molar-refractivity contribution in [2.45, 2.75) is 6.42 Å². The zero-order valence-corrected chi connectivity index (χ0v) is 10.3. The average molecular weight is 272 g/mol. The van der Waals surface area contributed by atoms with Crippen LogP contribution in [0.1, 0.15) is 5.82 Å². The molecule has 0 aliphatic heterocycles. The van der Waals surface area contributed by atoms with Gasteiger partial charge in [-0.15, -0.1) is 0 Å². The fourth-order valence-corrected chi connectivity index (χ4v) is 1.81. The highest BCUT2D eigenvalue weighted by Gasteiger charge is 2.08. The van der Waals surface area contributed by atoms with Crippen molar-refractivity contribution in [1.82, 2.24) is 9.36 Å². The number of benzene rings is 1. The first-order valence-corrected chi connectivity index (χ1v) is 5.91. The zero-order chi connectivity index (χ0) is 13.0. The molecular formula is C11H10F2N2O2S. The van der Waals surface area contributed by atoms with Crippen LogP contribution < -0.4 is 4.74 Å². The van der Waals surface area contributed by atoms with Gasteiger partial charge in [0.25, 0.3) is 5.19 Å². The fraction of sp³-hybridized carbons (Fsp3) is 0.273. The van der Waals surface area contributed by atoms with Gasteiger partial charge in [-0.05, 0) is 12.1 Å². The van der Waals surface area contributed by atoms with Crippen molar-refractivity contribution >= 4 is 11.5 Å². The van der Waals surface area contributed by atoms with Gasteiger partial charge in [0, 0.05) is 31.1 Å². The fourth-order valence-electron chi connectivity index (χ4n) is 1.22. The first kappa shape index (κ1) is 12.8. The summed E-state index contributed by atoms with van der Waals surface area (Å²) in [4.78, 5) is 4.08. The van der Waals surface area contributed by atoms with Gasteiger partial charge in [-0.1, -0.05) is 0 Å². The monoisotopic (exact) mass is 272 g/mol. The Morgan fingerprint density at radius 3 is 2.83 bits per heavy atom. The molecule has 0 saturated heterocycles. The Bertz CT molecular complexity index is 534. The van der Waals surface area contributed by atoms with E-state index in [-0.39, 0.29) is 10.9 Å². The Morgan fingerprint density at radius 2 is 2.11 bits per heavy atom. The molecule has 4 nitrogen and oxygen atoms in total. The van der Waals surface area contributed by atoms with Crippen LogP contribution in [0.3, 0.4) is 0 Å². The Hall–Kier alpha value is -1.60. The maximum Gasteiger partial charge on any atom is 0.298 e. The molecule has 2 aromatic rings. The SMILES string of the molecule is COCCc1nsc(Oc2ccc(F)c(F)c2)n1. The van der Waals surface area contributed by atoms with Crippen molar-refractivity contribution in [2.24, 2.45) is 0 Å². The van der Waals surface area contributed by atoms with Gasteiger partial charge in [0.1, 0.15) is 11.6 Å². The van der Waals surface area contributed by atoms with Gasteiger partial charge < -0.3 is 9.47 Å². The number of aromatic nitrogens is 2. The van der Waals surface area contributed by atoms with E-state index < -0.39 is 11.6 Å². The highest BCUT2D eigenvalue weighted by atomic mass is 32.1. The van der Waals surface area contributed by atoms with Gasteiger partial charge in [-0.2, -0.15) is 9.36 Å². The summed E-state index contributed by atoms with van der Waals surface area (Å²) in [5.74, 6) is -1.10. The second-order valence-corrected chi connectivity index (χ2v) is 4.11. The summed E-state index contributed by atoms with van der Waals surface area (Å²) in [6.07, 6.45) is 0.578. The van der Waals surface area contributed by atoms with Gasteiger partial charge in [0.2, 0.25) is 0 Å². The minimum absolute atomic E-state index is 0.184. The van der Waals surface area contributed by atoms with Gasteiger partial charge in [0.15, 0.2) is 11.6 Å². The smallest absolute Gasteiger partial charge is 0.298 e. The van der Waals surface area contributed by atoms with E-state index in [0.717, 1.165) is 23.7 Å². The van der Waals surface area contributed by atoms with E-state index in [4.69, 9.17) is 9.47 Å². The second kappa shape index (κ2) is 5.83. The molecule has 1 aromatic heterocycles. The number of rotatable bonds is 5. The lowest BCUT2D eigenvalue weighted by Gasteiger charge is -2.00. The summed E-state index contributed by atoms with van der Waals surface area (Å²) in [7, 11) is 1.59. The lowest BCUT2D eigenvalue weighted by atomic mass is 10.3. The average Bonchev–Trinajstić information content (AvgIpc) is 2.79. The van der Waals surface area contributed by atoms with Gasteiger partial charge in [0.05, 0.1) is 6.61 Å². The number of hydrogen-bond acceptors (Lipinski definition) is 5. The predicted molar refractivity (Wildman–Crippen MR) is 61.9 cm³/mol. The van der Waals surface area contributed by atoms with E-state index >= 15 is 0 Å². The maximum atomic E-state index is 12.9. The van der Waals surface area contributed by atoms with E-state index in [1.165, 1.54) is 6.07 Å². The Kier molecular flexibility index (Phi) is 4.16. The third kappa shape index (κ3) is 3.21. The summed E-state index contributed by atoms with van der Waals surface area (Å²) in [5, 5.41) is 0.284. The van der Waals surface area contributed by atoms with Gasteiger partial charge in [-0.3, -0.25) is 0 Å². The normalized spacial score (nSPS) is 10.6. The number of methoxy groups -OCH3 is 1. The molecule has 1 heterocycles. The third-order valence-corrected chi connectivity index (χ3v) is 2.71. The van der Waals surface area contributed by atoms with E-state index in [9.17, 15) is 8.78 Å². The molecular weight excluding hydrogens is 262 g/mol. The molecule has 0 radical (unpaired) electrons. The molecule has 0 bridgehead atoms. The number of nitrogens with zero attached hydrogens (tertiary/aromatic N) is 2. The van der Waals surface area contributed by atoms with Crippen molar-refractivity contribution in [1.29, 1.82) is 0 Å². The summed E-state index contributed by atoms with van der Waals surface area (Å²) in [6, 6.07) is 3.29. The molecule has 0 unspecified atom stereocenters. The van der Waals surface area contributed by atoms with Crippen LogP contribution in [-0.4, -0.2) is 23.1 Å². The third-order valence-electron chi connectivity index (χ3n) is 2.08. The van der Waals surface area contributed by atoms with Crippen molar-refractivity contribution in [3.05, 3.63) is 35.7 Å². The van der Waals surface area contributed by atoms with Crippen LogP contribution in [0.15, 0.2) is 18.2 Å². The molecule has 0 spiro atoms. The predicted octanol–water partition coefficient (Wildman–Crippen LogP) is 2.80. The summed E-state index contributed by atoms with van der Waals surface area (Å²) in [5.41, 5.74) is 0. The van der Waals surface area contributed by atoms with Crippen molar-refractivity contribution in [3.8, 4) is 10.9 Å². The molecule has 0 fully saturated rings. The van der Waals surface area contributed by atoms with Crippen LogP contribution in [0.5, 0.6) is 10.9 Å². The highest BCUT2D eigenvalue weighted by molar-refractivity contribution is 7.07. The van der Waals surface area contributed by atoms with Crippen LogP contribution >= 0.6 is 11.5 Å². The minimum Gasteiger partial charge on any atom is -0.430 e. The standard InChI is InChI=1S/C11H10F2N2O2S/c1-16-5-4-10-14-11(18-15-10)17-7-2-3-8(12)9(13)6-7/h2-3,6H,4-5H2,1H3. The topological polar surface area (TPSA) is 44.2 Å². The van der Waals surface area contributed by atoms with E-state index in [2.05, 4.69) is 9.36 Å². The van der Waals surface area contributed by atoms with Crippen LogP contribution in [0, 0.1) is 11.6 Å². The first-order valence-electron chi connectivity index (χ1n) is 5.13. The maximum absolute atomic E-state index is 12.9. The lowest BCUT2D eigenvalue weighted by molar-refractivity contribution is 0.200. The first-order chi connectivity index (χ1) is 8.69. The van der Waals surface area contributed by atoms with E-state index in [1.807, 2.05) is 0 Å². The molecule has 7 heteroatoms. The molecule has 0 saturated carbocycles. The van der Waals surface area contributed by atoms with Crippen molar-refractivity contribution < 1.29 is 18.3 Å². The quantitative estimate of drug-likeness (QED) is 0.839. The van der Waals surface area contributed by atoms with Crippen LogP contribution in [0.2, 0.25) is 0 Å². The van der Waals surface area contributed by atoms with Gasteiger partial charge >= 0.3 is 0 Å². The number of ether oxygens (including phenoxy) is 2. The summed E-state index contributed by atoms with van der Waals surface area (Å²) in [6.45, 7) is 0.515. The molecule has 0 N–H and O–H groups in total. The number of halogens is 2. The summed E-state index contributed by atoms with van der Waals surface area (Å²) >= 11 is 1.05. The molecule has 0 atom stereocenters. The summed E-state index contributed by atoms with van der Waals surface area (Å²) < 4.78 is 39.9. The molecule has 1 aromatic carbocycles. The molecule has 0 amide bonds. The zero-order valence-electron chi connectivity index (χ0n) is 9.52. The van der Waals surface area contributed by atoms with E-state index in [1.54, 1.807) is 7.11 Å². The molecule has 0 aliphatic carbocycles. The second-order valence-electron chi connectivity index (χ2n) is 3.40. The minimum atomic E-state index is -0.961. The van der Waals surface area contributed by atoms with Crippen LogP contribution in [0.25, 0.3) is 0 Å². The largest absolute Gasteiger partial charge is 0.430 e. The van der Waals surface area contributed by atoms with Gasteiger partial charge in [-0.25, -0.2) is 8.78 Å². The van der Waals surface area contributed by atoms with Crippen molar-refractivity contribution in [3.63, 3.8) is 0 Å². The molecule has 2 rings (SSSR count). The Labute approximate surface area is 106 Å². The van der Waals surface area contributed by atoms with Crippen LogP contribution in [-0.2, 0) is 11.2 Å².